The van der Waals surface area contributed by atoms with Crippen LogP contribution < -0.4 is 0 Å². The number of halogens is 4. The van der Waals surface area contributed by atoms with Crippen molar-refractivity contribution in [3.8, 4) is 0 Å². The standard InChI is InChI=1S/C7H11F4O/c1-2-3-4-12-5-7(10,11)6(8)9/h4,6H,2-3,5H2,1H3. The van der Waals surface area contributed by atoms with Gasteiger partial charge < -0.3 is 4.74 Å². The van der Waals surface area contributed by atoms with E-state index in [0.29, 0.717) is 6.42 Å². The summed E-state index contributed by atoms with van der Waals surface area (Å²) in [7, 11) is 0. The smallest absolute Gasteiger partial charge is 0.330 e. The Morgan fingerprint density at radius 2 is 2.00 bits per heavy atom. The molecule has 0 spiro atoms. The highest BCUT2D eigenvalue weighted by atomic mass is 19.3. The molecule has 0 saturated heterocycles. The first kappa shape index (κ1) is 11.7. The highest BCUT2D eigenvalue weighted by Gasteiger charge is 2.40. The Morgan fingerprint density at radius 1 is 1.42 bits per heavy atom. The Hall–Kier alpha value is -0.320. The van der Waals surface area contributed by atoms with E-state index < -0.39 is 19.0 Å². The molecule has 0 fully saturated rings. The van der Waals surface area contributed by atoms with Crippen molar-refractivity contribution in [1.82, 2.24) is 0 Å². The van der Waals surface area contributed by atoms with Crippen LogP contribution in [0.2, 0.25) is 0 Å². The van der Waals surface area contributed by atoms with Crippen LogP contribution >= 0.6 is 0 Å². The van der Waals surface area contributed by atoms with Crippen molar-refractivity contribution in [2.24, 2.45) is 0 Å². The van der Waals surface area contributed by atoms with Gasteiger partial charge in [-0.1, -0.05) is 13.3 Å². The number of unbranched alkanes of at least 4 members (excludes halogenated alkanes) is 1. The van der Waals surface area contributed by atoms with E-state index >= 15 is 0 Å². The van der Waals surface area contributed by atoms with Gasteiger partial charge >= 0.3 is 12.3 Å². The lowest BCUT2D eigenvalue weighted by molar-refractivity contribution is -0.159. The van der Waals surface area contributed by atoms with Crippen molar-refractivity contribution in [3.63, 3.8) is 0 Å². The van der Waals surface area contributed by atoms with Crippen LogP contribution in [-0.4, -0.2) is 19.0 Å². The third-order valence-corrected chi connectivity index (χ3v) is 1.12. The first-order valence-corrected chi connectivity index (χ1v) is 3.60. The lowest BCUT2D eigenvalue weighted by atomic mass is 10.3. The third kappa shape index (κ3) is 4.54. The summed E-state index contributed by atoms with van der Waals surface area (Å²) < 4.78 is 51.4. The van der Waals surface area contributed by atoms with Crippen LogP contribution in [0.5, 0.6) is 0 Å². The SMILES string of the molecule is CCC[CH]OCC(F)(F)C(F)F. The van der Waals surface area contributed by atoms with Crippen LogP contribution in [0, 0.1) is 6.61 Å². The summed E-state index contributed by atoms with van der Waals surface area (Å²) in [4.78, 5) is 0. The molecule has 73 valence electrons. The molecule has 0 atom stereocenters. The summed E-state index contributed by atoms with van der Waals surface area (Å²) in [5, 5.41) is 0. The number of ether oxygens (including phenoxy) is 1. The van der Waals surface area contributed by atoms with Gasteiger partial charge in [0.25, 0.3) is 0 Å². The van der Waals surface area contributed by atoms with E-state index in [1.165, 1.54) is 0 Å². The molecule has 0 aromatic heterocycles. The Morgan fingerprint density at radius 3 is 2.42 bits per heavy atom. The first-order valence-electron chi connectivity index (χ1n) is 3.60. The topological polar surface area (TPSA) is 9.23 Å². The molecule has 0 unspecified atom stereocenters. The summed E-state index contributed by atoms with van der Waals surface area (Å²) in [5.74, 6) is -4.04. The Bertz CT molecular complexity index is 116. The summed E-state index contributed by atoms with van der Waals surface area (Å²) in [6.07, 6.45) is -2.44. The number of rotatable bonds is 6. The molecule has 1 radical (unpaired) electrons. The maximum atomic E-state index is 12.1. The van der Waals surface area contributed by atoms with Crippen LogP contribution in [0.15, 0.2) is 0 Å². The molecule has 0 aliphatic carbocycles. The van der Waals surface area contributed by atoms with E-state index in [2.05, 4.69) is 4.74 Å². The molecule has 0 rings (SSSR count). The average molecular weight is 187 g/mol. The van der Waals surface area contributed by atoms with Gasteiger partial charge in [0.1, 0.15) is 6.61 Å². The fourth-order valence-electron chi connectivity index (χ4n) is 0.434. The van der Waals surface area contributed by atoms with Crippen molar-refractivity contribution in [1.29, 1.82) is 0 Å². The Labute approximate surface area is 68.7 Å². The quantitative estimate of drug-likeness (QED) is 0.459. The van der Waals surface area contributed by atoms with Crippen molar-refractivity contribution >= 4 is 0 Å². The molecule has 0 bridgehead atoms. The van der Waals surface area contributed by atoms with E-state index in [-0.39, 0.29) is 0 Å². The zero-order valence-electron chi connectivity index (χ0n) is 6.70. The number of alkyl halides is 4. The van der Waals surface area contributed by atoms with E-state index in [9.17, 15) is 17.6 Å². The monoisotopic (exact) mass is 187 g/mol. The summed E-state index contributed by atoms with van der Waals surface area (Å²) in [5.41, 5.74) is 0. The second-order valence-electron chi connectivity index (χ2n) is 2.33. The van der Waals surface area contributed by atoms with Gasteiger partial charge in [-0.15, -0.1) is 0 Å². The second kappa shape index (κ2) is 5.35. The summed E-state index contributed by atoms with van der Waals surface area (Å²) in [6.45, 7) is 1.70. The van der Waals surface area contributed by atoms with Gasteiger partial charge in [0.15, 0.2) is 0 Å². The average Bonchev–Trinajstić information content (AvgIpc) is 1.98. The van der Waals surface area contributed by atoms with Gasteiger partial charge in [-0.2, -0.15) is 8.78 Å². The lowest BCUT2D eigenvalue weighted by Crippen LogP contribution is -2.31. The molecule has 0 aliphatic rings. The number of hydrogen-bond donors (Lipinski definition) is 0. The van der Waals surface area contributed by atoms with E-state index in [1.807, 2.05) is 6.92 Å². The third-order valence-electron chi connectivity index (χ3n) is 1.12. The first-order chi connectivity index (χ1) is 5.50. The second-order valence-corrected chi connectivity index (χ2v) is 2.33. The molecule has 0 aromatic carbocycles. The van der Waals surface area contributed by atoms with E-state index in [4.69, 9.17) is 0 Å². The predicted octanol–water partition coefficient (Wildman–Crippen LogP) is 2.87. The predicted molar refractivity (Wildman–Crippen MR) is 36.1 cm³/mol. The number of hydrogen-bond acceptors (Lipinski definition) is 1. The maximum absolute atomic E-state index is 12.1. The van der Waals surface area contributed by atoms with Gasteiger partial charge in [-0.25, -0.2) is 8.78 Å². The van der Waals surface area contributed by atoms with Crippen LogP contribution in [0.4, 0.5) is 17.6 Å². The minimum absolute atomic E-state index is 0.485. The van der Waals surface area contributed by atoms with Crippen molar-refractivity contribution in [2.45, 2.75) is 32.1 Å². The minimum atomic E-state index is -4.04. The van der Waals surface area contributed by atoms with E-state index in [0.717, 1.165) is 13.0 Å². The van der Waals surface area contributed by atoms with Crippen molar-refractivity contribution in [2.75, 3.05) is 6.61 Å². The molecule has 12 heavy (non-hydrogen) atoms. The van der Waals surface area contributed by atoms with Crippen LogP contribution in [0.1, 0.15) is 19.8 Å². The highest BCUT2D eigenvalue weighted by molar-refractivity contribution is 4.68. The van der Waals surface area contributed by atoms with Crippen LogP contribution in [0.25, 0.3) is 0 Å². The molecule has 0 aromatic rings. The largest absolute Gasteiger partial charge is 0.369 e. The van der Waals surface area contributed by atoms with Gasteiger partial charge in [0.2, 0.25) is 0 Å². The Kier molecular flexibility index (Phi) is 5.20. The van der Waals surface area contributed by atoms with Crippen molar-refractivity contribution in [3.05, 3.63) is 6.61 Å². The lowest BCUT2D eigenvalue weighted by Gasteiger charge is -2.14. The highest BCUT2D eigenvalue weighted by Crippen LogP contribution is 2.23. The molecular weight excluding hydrogens is 176 g/mol. The molecule has 0 N–H and O–H groups in total. The summed E-state index contributed by atoms with van der Waals surface area (Å²) >= 11 is 0. The van der Waals surface area contributed by atoms with Crippen LogP contribution in [0.3, 0.4) is 0 Å². The zero-order chi connectivity index (χ0) is 9.61. The molecule has 0 heterocycles. The minimum Gasteiger partial charge on any atom is -0.369 e. The fourth-order valence-corrected chi connectivity index (χ4v) is 0.434. The molecule has 0 amide bonds. The normalized spacial score (nSPS) is 12.5. The molecule has 0 aliphatic heterocycles. The van der Waals surface area contributed by atoms with Gasteiger partial charge in [-0.3, -0.25) is 0 Å². The van der Waals surface area contributed by atoms with Gasteiger partial charge in [0, 0.05) is 0 Å². The zero-order valence-corrected chi connectivity index (χ0v) is 6.70. The molecular formula is C7H11F4O. The van der Waals surface area contributed by atoms with Gasteiger partial charge in [-0.05, 0) is 6.42 Å². The molecule has 0 saturated carbocycles. The molecule has 5 heteroatoms. The fraction of sp³-hybridized carbons (Fsp3) is 0.857. The van der Waals surface area contributed by atoms with Crippen LogP contribution in [-0.2, 0) is 4.74 Å². The van der Waals surface area contributed by atoms with Gasteiger partial charge in [0.05, 0.1) is 6.61 Å². The summed E-state index contributed by atoms with van der Waals surface area (Å²) in [6, 6.07) is 0. The molecule has 1 nitrogen and oxygen atoms in total. The van der Waals surface area contributed by atoms with Crippen molar-refractivity contribution < 1.29 is 22.3 Å². The Balaban J connectivity index is 3.47. The maximum Gasteiger partial charge on any atom is 0.330 e. The van der Waals surface area contributed by atoms with E-state index in [1.54, 1.807) is 0 Å².